The van der Waals surface area contributed by atoms with Gasteiger partial charge in [0.15, 0.2) is 12.5 Å². The van der Waals surface area contributed by atoms with Crippen molar-refractivity contribution in [2.75, 3.05) is 12.4 Å². The summed E-state index contributed by atoms with van der Waals surface area (Å²) in [5.74, 6) is -3.09. The number of carbonyl (C=O) groups is 1. The first-order valence-corrected chi connectivity index (χ1v) is 3.40. The summed E-state index contributed by atoms with van der Waals surface area (Å²) in [6.07, 6.45) is 0. The Morgan fingerprint density at radius 2 is 1.77 bits per heavy atom. The summed E-state index contributed by atoms with van der Waals surface area (Å²) in [5, 5.41) is 0. The fourth-order valence-electron chi connectivity index (χ4n) is 0.822. The number of carbonyl (C=O) groups excluding carboxylic acids is 1. The summed E-state index contributed by atoms with van der Waals surface area (Å²) in [5.41, 5.74) is 3.91. The Balaban J connectivity index is 3.20. The van der Waals surface area contributed by atoms with E-state index in [1.54, 1.807) is 0 Å². The van der Waals surface area contributed by atoms with Gasteiger partial charge in [0.05, 0.1) is 0 Å². The van der Waals surface area contributed by atoms with E-state index in [4.69, 9.17) is 5.73 Å². The highest BCUT2D eigenvalue weighted by Gasteiger charge is 2.12. The molecule has 0 saturated heterocycles. The van der Waals surface area contributed by atoms with Gasteiger partial charge in [-0.3, -0.25) is 4.79 Å². The van der Waals surface area contributed by atoms with E-state index in [0.29, 0.717) is 12.1 Å². The molecule has 0 amide bonds. The Morgan fingerprint density at radius 1 is 1.31 bits per heavy atom. The summed E-state index contributed by atoms with van der Waals surface area (Å²) in [6, 6.07) is 1.42. The Labute approximate surface area is 72.2 Å². The van der Waals surface area contributed by atoms with Gasteiger partial charge in [-0.25, -0.2) is 13.2 Å². The van der Waals surface area contributed by atoms with Gasteiger partial charge in [-0.2, -0.15) is 0 Å². The average Bonchev–Trinajstić information content (AvgIpc) is 2.12. The normalized spacial score (nSPS) is 10.1. The van der Waals surface area contributed by atoms with Crippen molar-refractivity contribution in [3.05, 3.63) is 29.3 Å². The number of anilines is 1. The van der Waals surface area contributed by atoms with E-state index < -0.39 is 29.8 Å². The molecule has 0 atom stereocenters. The number of benzene rings is 1. The van der Waals surface area contributed by atoms with Crippen molar-refractivity contribution in [2.24, 2.45) is 0 Å². The number of hydrogen-bond acceptors (Lipinski definition) is 2. The van der Waals surface area contributed by atoms with Gasteiger partial charge in [0.25, 0.3) is 0 Å². The summed E-state index contributed by atoms with van der Waals surface area (Å²) in [7, 11) is 0. The SMILES string of the molecule is Nc1c(F)cc(C(=O)CF)cc1F. The molecule has 0 aliphatic carbocycles. The number of Topliss-reactive ketones (excluding diaryl/α,β-unsaturated/α-hetero) is 1. The molecule has 2 N–H and O–H groups in total. The molecule has 0 spiro atoms. The lowest BCUT2D eigenvalue weighted by molar-refractivity contribution is 0.0958. The van der Waals surface area contributed by atoms with Gasteiger partial charge < -0.3 is 5.73 Å². The zero-order chi connectivity index (χ0) is 10.0. The molecule has 1 aromatic rings. The van der Waals surface area contributed by atoms with Gasteiger partial charge in [-0.15, -0.1) is 0 Å². The second-order valence-electron chi connectivity index (χ2n) is 2.41. The van der Waals surface area contributed by atoms with Crippen molar-refractivity contribution < 1.29 is 18.0 Å². The van der Waals surface area contributed by atoms with Crippen molar-refractivity contribution >= 4 is 11.5 Å². The Hall–Kier alpha value is -1.52. The second kappa shape index (κ2) is 3.47. The van der Waals surface area contributed by atoms with Crippen molar-refractivity contribution in [1.29, 1.82) is 0 Å². The fourth-order valence-corrected chi connectivity index (χ4v) is 0.822. The molecular formula is C8H6F3NO. The minimum atomic E-state index is -1.29. The lowest BCUT2D eigenvalue weighted by Crippen LogP contribution is -2.05. The lowest BCUT2D eigenvalue weighted by atomic mass is 10.1. The number of nitrogen functional groups attached to an aromatic ring is 1. The van der Waals surface area contributed by atoms with E-state index in [1.807, 2.05) is 0 Å². The van der Waals surface area contributed by atoms with Crippen molar-refractivity contribution in [3.8, 4) is 0 Å². The highest BCUT2D eigenvalue weighted by Crippen LogP contribution is 2.17. The molecule has 1 rings (SSSR count). The third-order valence-corrected chi connectivity index (χ3v) is 1.52. The van der Waals surface area contributed by atoms with E-state index in [0.717, 1.165) is 0 Å². The molecule has 1 aromatic carbocycles. The van der Waals surface area contributed by atoms with Gasteiger partial charge >= 0.3 is 0 Å². The minimum Gasteiger partial charge on any atom is -0.394 e. The molecule has 0 aliphatic rings. The van der Waals surface area contributed by atoms with Crippen LogP contribution < -0.4 is 5.73 Å². The van der Waals surface area contributed by atoms with Crippen molar-refractivity contribution in [3.63, 3.8) is 0 Å². The van der Waals surface area contributed by atoms with E-state index in [1.165, 1.54) is 0 Å². The van der Waals surface area contributed by atoms with Crippen LogP contribution in [-0.4, -0.2) is 12.5 Å². The van der Waals surface area contributed by atoms with Crippen LogP contribution in [0.5, 0.6) is 0 Å². The van der Waals surface area contributed by atoms with Crippen LogP contribution in [0.1, 0.15) is 10.4 Å². The minimum absolute atomic E-state index is 0.355. The molecule has 0 fully saturated rings. The molecule has 0 bridgehead atoms. The van der Waals surface area contributed by atoms with E-state index >= 15 is 0 Å². The maximum absolute atomic E-state index is 12.7. The molecule has 0 heterocycles. The average molecular weight is 189 g/mol. The topological polar surface area (TPSA) is 43.1 Å². The smallest absolute Gasteiger partial charge is 0.194 e. The summed E-state index contributed by atoms with van der Waals surface area (Å²) < 4.78 is 37.2. The standard InChI is InChI=1S/C8H6F3NO/c9-3-7(13)4-1-5(10)8(12)6(11)2-4/h1-2H,3,12H2. The molecule has 0 radical (unpaired) electrons. The van der Waals surface area contributed by atoms with Crippen molar-refractivity contribution in [1.82, 2.24) is 0 Å². The predicted octanol–water partition coefficient (Wildman–Crippen LogP) is 1.70. The van der Waals surface area contributed by atoms with Crippen LogP contribution in [0, 0.1) is 11.6 Å². The highest BCUT2D eigenvalue weighted by atomic mass is 19.1. The monoisotopic (exact) mass is 189 g/mol. The molecule has 0 aromatic heterocycles. The first kappa shape index (κ1) is 9.57. The molecule has 70 valence electrons. The number of ketones is 1. The van der Waals surface area contributed by atoms with Gasteiger partial charge in [-0.05, 0) is 12.1 Å². The van der Waals surface area contributed by atoms with Crippen LogP contribution in [0.3, 0.4) is 0 Å². The number of nitrogens with two attached hydrogens (primary N) is 1. The van der Waals surface area contributed by atoms with Crippen LogP contribution in [0.4, 0.5) is 18.9 Å². The van der Waals surface area contributed by atoms with Crippen LogP contribution in [0.2, 0.25) is 0 Å². The fraction of sp³-hybridized carbons (Fsp3) is 0.125. The van der Waals surface area contributed by atoms with Gasteiger partial charge in [0, 0.05) is 5.56 Å². The Bertz CT molecular complexity index is 328. The maximum atomic E-state index is 12.7. The van der Waals surface area contributed by atoms with Gasteiger partial charge in [0.2, 0.25) is 0 Å². The number of alkyl halides is 1. The van der Waals surface area contributed by atoms with Crippen LogP contribution in [0.15, 0.2) is 12.1 Å². The highest BCUT2D eigenvalue weighted by molar-refractivity contribution is 5.97. The summed E-state index contributed by atoms with van der Waals surface area (Å²) in [6.45, 7) is -1.29. The Morgan fingerprint density at radius 3 is 2.15 bits per heavy atom. The van der Waals surface area contributed by atoms with E-state index in [9.17, 15) is 18.0 Å². The van der Waals surface area contributed by atoms with Gasteiger partial charge in [-0.1, -0.05) is 0 Å². The molecule has 0 unspecified atom stereocenters. The number of hydrogen-bond donors (Lipinski definition) is 1. The van der Waals surface area contributed by atoms with Gasteiger partial charge in [0.1, 0.15) is 17.3 Å². The molecule has 0 saturated carbocycles. The zero-order valence-electron chi connectivity index (χ0n) is 6.48. The number of halogens is 3. The van der Waals surface area contributed by atoms with Crippen LogP contribution >= 0.6 is 0 Å². The lowest BCUT2D eigenvalue weighted by Gasteiger charge is -2.01. The summed E-state index contributed by atoms with van der Waals surface area (Å²) in [4.78, 5) is 10.7. The first-order chi connectivity index (χ1) is 6.06. The molecular weight excluding hydrogens is 183 g/mol. The van der Waals surface area contributed by atoms with Crippen LogP contribution in [0.25, 0.3) is 0 Å². The molecule has 2 nitrogen and oxygen atoms in total. The summed E-state index contributed by atoms with van der Waals surface area (Å²) >= 11 is 0. The number of rotatable bonds is 2. The van der Waals surface area contributed by atoms with E-state index in [-0.39, 0.29) is 5.56 Å². The molecule has 5 heteroatoms. The Kier molecular flexibility index (Phi) is 2.55. The maximum Gasteiger partial charge on any atom is 0.194 e. The molecule has 13 heavy (non-hydrogen) atoms. The van der Waals surface area contributed by atoms with Crippen LogP contribution in [-0.2, 0) is 0 Å². The zero-order valence-corrected chi connectivity index (χ0v) is 6.48. The quantitative estimate of drug-likeness (QED) is 0.568. The first-order valence-electron chi connectivity index (χ1n) is 3.40. The largest absolute Gasteiger partial charge is 0.394 e. The predicted molar refractivity (Wildman–Crippen MR) is 41.1 cm³/mol. The third-order valence-electron chi connectivity index (χ3n) is 1.52. The second-order valence-corrected chi connectivity index (χ2v) is 2.41. The third kappa shape index (κ3) is 1.80. The molecule has 0 aliphatic heterocycles. The van der Waals surface area contributed by atoms with Crippen molar-refractivity contribution in [2.45, 2.75) is 0 Å². The van der Waals surface area contributed by atoms with E-state index in [2.05, 4.69) is 0 Å².